The molecule has 1 unspecified atom stereocenters. The van der Waals surface area contributed by atoms with Crippen LogP contribution in [0.4, 0.5) is 0 Å². The predicted molar refractivity (Wildman–Crippen MR) is 115 cm³/mol. The van der Waals surface area contributed by atoms with Gasteiger partial charge in [0, 0.05) is 10.9 Å². The molecule has 160 valence electrons. The summed E-state index contributed by atoms with van der Waals surface area (Å²) >= 11 is 0. The monoisotopic (exact) mass is 429 g/mol. The molecule has 0 aliphatic carbocycles. The van der Waals surface area contributed by atoms with E-state index in [2.05, 4.69) is 0 Å². The van der Waals surface area contributed by atoms with Gasteiger partial charge in [0.05, 0.1) is 25.5 Å². The van der Waals surface area contributed by atoms with Gasteiger partial charge in [-0.05, 0) is 30.3 Å². The number of fused-ring (bicyclic) bond motifs is 1. The first-order valence-electron chi connectivity index (χ1n) is 10.0. The van der Waals surface area contributed by atoms with Gasteiger partial charge in [-0.3, -0.25) is 9.59 Å². The Morgan fingerprint density at radius 1 is 1.09 bits per heavy atom. The van der Waals surface area contributed by atoms with Gasteiger partial charge in [0.1, 0.15) is 23.1 Å². The van der Waals surface area contributed by atoms with Crippen LogP contribution in [0.3, 0.4) is 0 Å². The number of ether oxygens (including phenoxy) is 1. The summed E-state index contributed by atoms with van der Waals surface area (Å²) in [6, 6.07) is 18.5. The van der Waals surface area contributed by atoms with Gasteiger partial charge in [0.15, 0.2) is 11.5 Å². The van der Waals surface area contributed by atoms with Crippen molar-refractivity contribution < 1.29 is 28.3 Å². The Labute approximate surface area is 183 Å². The van der Waals surface area contributed by atoms with Gasteiger partial charge < -0.3 is 23.6 Å². The third-order valence-electron chi connectivity index (χ3n) is 5.54. The van der Waals surface area contributed by atoms with Crippen LogP contribution >= 0.6 is 0 Å². The molecular formula is C25H19NO6. The summed E-state index contributed by atoms with van der Waals surface area (Å²) in [7, 11) is 1.54. The lowest BCUT2D eigenvalue weighted by molar-refractivity contribution is -0.130. The number of carbonyl (C=O) groups excluding carboxylic acids is 2. The standard InChI is InChI=1S/C25H19NO6/c1-30-17-9-4-3-8-16(17)14-26-22(19-11-6-12-31-19)21(24(28)25(26)29)23(27)20-13-15-7-2-5-10-18(15)32-20/h2-13,22,28H,14H2,1H3. The summed E-state index contributed by atoms with van der Waals surface area (Å²) in [6.07, 6.45) is 1.46. The summed E-state index contributed by atoms with van der Waals surface area (Å²) in [5.41, 5.74) is 1.18. The van der Waals surface area contributed by atoms with Crippen molar-refractivity contribution in [1.82, 2.24) is 4.90 Å². The number of furan rings is 2. The van der Waals surface area contributed by atoms with E-state index in [1.807, 2.05) is 30.3 Å². The van der Waals surface area contributed by atoms with Crippen LogP contribution in [0.5, 0.6) is 5.75 Å². The number of amides is 1. The molecule has 32 heavy (non-hydrogen) atoms. The molecule has 1 atom stereocenters. The lowest BCUT2D eigenvalue weighted by Gasteiger charge is -2.25. The average Bonchev–Trinajstić information content (AvgIpc) is 3.54. The topological polar surface area (TPSA) is 93.1 Å². The number of hydrogen-bond donors (Lipinski definition) is 1. The number of aliphatic hydroxyl groups is 1. The number of methoxy groups -OCH3 is 1. The molecule has 1 N–H and O–H groups in total. The van der Waals surface area contributed by atoms with E-state index in [0.29, 0.717) is 17.1 Å². The molecule has 5 rings (SSSR count). The number of rotatable bonds is 6. The summed E-state index contributed by atoms with van der Waals surface area (Å²) in [5.74, 6) is -0.873. The fourth-order valence-corrected chi connectivity index (χ4v) is 4.03. The molecule has 0 saturated heterocycles. The average molecular weight is 429 g/mol. The van der Waals surface area contributed by atoms with Crippen molar-refractivity contribution >= 4 is 22.7 Å². The minimum absolute atomic E-state index is 0.0382. The fraction of sp³-hybridized carbons (Fsp3) is 0.120. The first-order valence-corrected chi connectivity index (χ1v) is 10.0. The summed E-state index contributed by atoms with van der Waals surface area (Å²) < 4.78 is 16.7. The van der Waals surface area contributed by atoms with Crippen molar-refractivity contribution in [2.75, 3.05) is 7.11 Å². The summed E-state index contributed by atoms with van der Waals surface area (Å²) in [4.78, 5) is 27.9. The van der Waals surface area contributed by atoms with Gasteiger partial charge >= 0.3 is 0 Å². The fourth-order valence-electron chi connectivity index (χ4n) is 4.03. The molecule has 7 heteroatoms. The second-order valence-electron chi connectivity index (χ2n) is 7.40. The van der Waals surface area contributed by atoms with Crippen LogP contribution in [0.15, 0.2) is 93.2 Å². The van der Waals surface area contributed by atoms with Crippen LogP contribution in [-0.4, -0.2) is 28.8 Å². The van der Waals surface area contributed by atoms with Crippen molar-refractivity contribution in [3.05, 3.63) is 101 Å². The maximum atomic E-state index is 13.4. The van der Waals surface area contributed by atoms with Crippen molar-refractivity contribution in [3.63, 3.8) is 0 Å². The van der Waals surface area contributed by atoms with E-state index in [1.54, 1.807) is 43.5 Å². The van der Waals surface area contributed by atoms with Gasteiger partial charge in [-0.15, -0.1) is 0 Å². The quantitative estimate of drug-likeness (QED) is 0.442. The van der Waals surface area contributed by atoms with Crippen LogP contribution < -0.4 is 4.74 Å². The van der Waals surface area contributed by atoms with Crippen molar-refractivity contribution in [2.24, 2.45) is 0 Å². The molecule has 0 spiro atoms. The lowest BCUT2D eigenvalue weighted by atomic mass is 9.99. The lowest BCUT2D eigenvalue weighted by Crippen LogP contribution is -2.30. The van der Waals surface area contributed by atoms with Crippen molar-refractivity contribution in [1.29, 1.82) is 0 Å². The van der Waals surface area contributed by atoms with Crippen LogP contribution in [0.1, 0.15) is 27.9 Å². The van der Waals surface area contributed by atoms with Gasteiger partial charge in [0.2, 0.25) is 5.78 Å². The second kappa shape index (κ2) is 7.77. The van der Waals surface area contributed by atoms with Crippen molar-refractivity contribution in [2.45, 2.75) is 12.6 Å². The predicted octanol–water partition coefficient (Wildman–Crippen LogP) is 4.81. The van der Waals surface area contributed by atoms with Crippen molar-refractivity contribution in [3.8, 4) is 5.75 Å². The number of ketones is 1. The largest absolute Gasteiger partial charge is 0.503 e. The van der Waals surface area contributed by atoms with Crippen LogP contribution in [0.25, 0.3) is 11.0 Å². The smallest absolute Gasteiger partial charge is 0.290 e. The molecule has 2 aromatic heterocycles. The summed E-state index contributed by atoms with van der Waals surface area (Å²) in [5, 5.41) is 11.5. The van der Waals surface area contributed by atoms with E-state index < -0.39 is 23.5 Å². The van der Waals surface area contributed by atoms with Gasteiger partial charge in [-0.25, -0.2) is 0 Å². The molecule has 4 aromatic rings. The van der Waals surface area contributed by atoms with Gasteiger partial charge in [0.25, 0.3) is 5.91 Å². The highest BCUT2D eigenvalue weighted by molar-refractivity contribution is 6.15. The number of Topliss-reactive ketones (excluding diaryl/α,β-unsaturated/α-hetero) is 1. The number of aliphatic hydroxyl groups excluding tert-OH is 1. The minimum Gasteiger partial charge on any atom is -0.503 e. The van der Waals surface area contributed by atoms with Crippen LogP contribution in [0.2, 0.25) is 0 Å². The van der Waals surface area contributed by atoms with E-state index in [4.69, 9.17) is 13.6 Å². The van der Waals surface area contributed by atoms with E-state index in [0.717, 1.165) is 10.9 Å². The Morgan fingerprint density at radius 2 is 1.88 bits per heavy atom. The molecule has 0 radical (unpaired) electrons. The highest BCUT2D eigenvalue weighted by Crippen LogP contribution is 2.41. The van der Waals surface area contributed by atoms with E-state index in [-0.39, 0.29) is 17.9 Å². The molecule has 1 aliphatic heterocycles. The minimum atomic E-state index is -0.914. The van der Waals surface area contributed by atoms with Crippen LogP contribution in [-0.2, 0) is 11.3 Å². The zero-order valence-corrected chi connectivity index (χ0v) is 17.1. The molecule has 1 amide bonds. The SMILES string of the molecule is COc1ccccc1CN1C(=O)C(O)=C(C(=O)c2cc3ccccc3o2)C1c1ccco1. The Bertz CT molecular complexity index is 1310. The van der Waals surface area contributed by atoms with E-state index >= 15 is 0 Å². The second-order valence-corrected chi connectivity index (χ2v) is 7.40. The molecule has 0 fully saturated rings. The molecule has 0 bridgehead atoms. The number of hydrogen-bond acceptors (Lipinski definition) is 6. The maximum absolute atomic E-state index is 13.4. The van der Waals surface area contributed by atoms with Gasteiger partial charge in [-0.2, -0.15) is 0 Å². The Morgan fingerprint density at radius 3 is 2.62 bits per heavy atom. The number of carbonyl (C=O) groups is 2. The maximum Gasteiger partial charge on any atom is 0.290 e. The summed E-state index contributed by atoms with van der Waals surface area (Å²) in [6.45, 7) is 0.106. The molecule has 3 heterocycles. The first kappa shape index (κ1) is 19.7. The van der Waals surface area contributed by atoms with Crippen LogP contribution in [0, 0.1) is 0 Å². The van der Waals surface area contributed by atoms with Gasteiger partial charge in [-0.1, -0.05) is 36.4 Å². The molecule has 7 nitrogen and oxygen atoms in total. The normalized spacial score (nSPS) is 16.2. The van der Waals surface area contributed by atoms with E-state index in [9.17, 15) is 14.7 Å². The zero-order valence-electron chi connectivity index (χ0n) is 17.1. The molecular weight excluding hydrogens is 410 g/mol. The molecule has 2 aromatic carbocycles. The third-order valence-corrected chi connectivity index (χ3v) is 5.54. The number of nitrogens with zero attached hydrogens (tertiary/aromatic N) is 1. The first-order chi connectivity index (χ1) is 15.6. The number of para-hydroxylation sites is 2. The number of benzene rings is 2. The Kier molecular flexibility index (Phi) is 4.78. The third kappa shape index (κ3) is 3.15. The van der Waals surface area contributed by atoms with E-state index in [1.165, 1.54) is 11.2 Å². The molecule has 0 saturated carbocycles. The Balaban J connectivity index is 1.58. The highest BCUT2D eigenvalue weighted by Gasteiger charge is 2.46. The Hall–Kier alpha value is -4.26. The zero-order chi connectivity index (χ0) is 22.2. The highest BCUT2D eigenvalue weighted by atomic mass is 16.5. The molecule has 1 aliphatic rings.